The van der Waals surface area contributed by atoms with Gasteiger partial charge in [-0.2, -0.15) is 0 Å². The van der Waals surface area contributed by atoms with Crippen molar-refractivity contribution in [3.63, 3.8) is 0 Å². The van der Waals surface area contributed by atoms with Crippen LogP contribution in [0.2, 0.25) is 0 Å². The Labute approximate surface area is 204 Å². The lowest BCUT2D eigenvalue weighted by Gasteiger charge is -2.43. The third-order valence-electron chi connectivity index (χ3n) is 6.65. The van der Waals surface area contributed by atoms with Gasteiger partial charge in [0.15, 0.2) is 0 Å². The Bertz CT molecular complexity index is 1360. The topological polar surface area (TPSA) is 71.1 Å². The Hall–Kier alpha value is -2.30. The first-order valence-corrected chi connectivity index (χ1v) is 15.1. The molecule has 0 radical (unpaired) electrons. The summed E-state index contributed by atoms with van der Waals surface area (Å²) in [4.78, 5) is 0. The lowest BCUT2D eigenvalue weighted by molar-refractivity contribution is -0.0690. The maximum atomic E-state index is 13.3. The minimum atomic E-state index is -3.30. The molecule has 180 valence electrons. The highest BCUT2D eigenvalue weighted by Crippen LogP contribution is 2.61. The lowest BCUT2D eigenvalue weighted by Crippen LogP contribution is -2.45. The number of hydrogen-bond donors (Lipinski definition) is 0. The molecule has 2 aliphatic rings. The van der Waals surface area contributed by atoms with Crippen LogP contribution in [0, 0.1) is 5.41 Å². The van der Waals surface area contributed by atoms with Gasteiger partial charge in [0.05, 0.1) is 44.2 Å². The smallest absolute Gasteiger partial charge is 0.307 e. The second kappa shape index (κ2) is 8.97. The predicted molar refractivity (Wildman–Crippen MR) is 137 cm³/mol. The Balaban J connectivity index is 1.08. The van der Waals surface area contributed by atoms with E-state index in [1.165, 1.54) is 0 Å². The summed E-state index contributed by atoms with van der Waals surface area (Å²) in [5, 5.41) is 4.43. The van der Waals surface area contributed by atoms with Crippen molar-refractivity contribution < 1.29 is 27.2 Å². The van der Waals surface area contributed by atoms with Crippen LogP contribution in [-0.2, 0) is 39.5 Å². The zero-order valence-electron chi connectivity index (χ0n) is 19.2. The number of rotatable bonds is 4. The Morgan fingerprint density at radius 2 is 0.914 bits per heavy atom. The van der Waals surface area contributed by atoms with Gasteiger partial charge in [0.2, 0.25) is 0 Å². The fourth-order valence-electron chi connectivity index (χ4n) is 4.57. The first-order chi connectivity index (χ1) is 16.9. The highest BCUT2D eigenvalue weighted by molar-refractivity contribution is 7.53. The van der Waals surface area contributed by atoms with Gasteiger partial charge >= 0.3 is 15.2 Å². The van der Waals surface area contributed by atoms with Crippen molar-refractivity contribution in [2.45, 2.75) is 12.3 Å². The fraction of sp³-hybridized carbons (Fsp3) is 0.259. The molecule has 6 nitrogen and oxygen atoms in total. The first-order valence-electron chi connectivity index (χ1n) is 11.6. The van der Waals surface area contributed by atoms with E-state index in [1.807, 2.05) is 84.9 Å². The second-order valence-electron chi connectivity index (χ2n) is 9.49. The van der Waals surface area contributed by atoms with Crippen molar-refractivity contribution in [1.29, 1.82) is 0 Å². The number of fused-ring (bicyclic) bond motifs is 2. The molecule has 2 fully saturated rings. The maximum Gasteiger partial charge on any atom is 0.335 e. The van der Waals surface area contributed by atoms with E-state index in [0.717, 1.165) is 32.7 Å². The van der Waals surface area contributed by atoms with Gasteiger partial charge in [0.1, 0.15) is 0 Å². The highest BCUT2D eigenvalue weighted by atomic mass is 31.2. The maximum absolute atomic E-state index is 13.3. The quantitative estimate of drug-likeness (QED) is 0.273. The van der Waals surface area contributed by atoms with Crippen LogP contribution in [0.1, 0.15) is 11.1 Å². The van der Waals surface area contributed by atoms with Crippen LogP contribution in [-0.4, -0.2) is 26.4 Å². The van der Waals surface area contributed by atoms with E-state index in [1.54, 1.807) is 0 Å². The molecule has 0 atom stereocenters. The summed E-state index contributed by atoms with van der Waals surface area (Å²) in [5.41, 5.74) is 1.19. The van der Waals surface area contributed by atoms with E-state index in [4.69, 9.17) is 18.1 Å². The van der Waals surface area contributed by atoms with E-state index >= 15 is 0 Å². The second-order valence-corrected chi connectivity index (χ2v) is 13.6. The van der Waals surface area contributed by atoms with Crippen LogP contribution in [0.15, 0.2) is 84.9 Å². The molecule has 2 heterocycles. The molecule has 4 aromatic rings. The average molecular weight is 508 g/mol. The van der Waals surface area contributed by atoms with Gasteiger partial charge in [-0.15, -0.1) is 0 Å². The summed E-state index contributed by atoms with van der Waals surface area (Å²) in [7, 11) is -6.59. The number of hydrogen-bond acceptors (Lipinski definition) is 6. The summed E-state index contributed by atoms with van der Waals surface area (Å²) in [5.74, 6) is 0. The minimum Gasteiger partial charge on any atom is -0.307 e. The molecule has 0 N–H and O–H groups in total. The summed E-state index contributed by atoms with van der Waals surface area (Å²) in [6.45, 7) is 0.698. The Kier molecular flexibility index (Phi) is 5.93. The van der Waals surface area contributed by atoms with Crippen LogP contribution < -0.4 is 0 Å². The van der Waals surface area contributed by atoms with Gasteiger partial charge in [-0.25, -0.2) is 0 Å². The van der Waals surface area contributed by atoms with Crippen molar-refractivity contribution in [3.8, 4) is 0 Å². The Morgan fingerprint density at radius 3 is 1.31 bits per heavy atom. The molecule has 0 amide bonds. The van der Waals surface area contributed by atoms with E-state index in [0.29, 0.717) is 0 Å². The molecule has 1 spiro atoms. The summed E-state index contributed by atoms with van der Waals surface area (Å²) >= 11 is 0. The molecule has 0 saturated carbocycles. The molecule has 4 aromatic carbocycles. The molecule has 0 bridgehead atoms. The molecule has 0 aromatic heterocycles. The molecular formula is C27H26O6P2. The summed E-state index contributed by atoms with van der Waals surface area (Å²) < 4.78 is 49.7. The van der Waals surface area contributed by atoms with Crippen LogP contribution in [0.25, 0.3) is 21.5 Å². The van der Waals surface area contributed by atoms with Crippen molar-refractivity contribution in [3.05, 3.63) is 96.1 Å². The summed E-state index contributed by atoms with van der Waals surface area (Å²) in [6, 6.07) is 28.0. The van der Waals surface area contributed by atoms with Gasteiger partial charge in [-0.1, -0.05) is 84.9 Å². The van der Waals surface area contributed by atoms with Crippen molar-refractivity contribution >= 4 is 36.7 Å². The van der Waals surface area contributed by atoms with E-state index in [-0.39, 0.29) is 38.8 Å². The average Bonchev–Trinajstić information content (AvgIpc) is 2.88. The highest BCUT2D eigenvalue weighted by Gasteiger charge is 2.48. The third-order valence-corrected chi connectivity index (χ3v) is 10.2. The van der Waals surface area contributed by atoms with Crippen molar-refractivity contribution in [1.82, 2.24) is 0 Å². The SMILES string of the molecule is O=P1(Cc2ccc3ccccc3c2)OCC2(CO1)COP(=O)(Cc1ccc3ccccc3c1)OC2. The van der Waals surface area contributed by atoms with Gasteiger partial charge in [-0.3, -0.25) is 9.13 Å². The molecule has 2 aliphatic heterocycles. The molecular weight excluding hydrogens is 482 g/mol. The monoisotopic (exact) mass is 508 g/mol. The summed E-state index contributed by atoms with van der Waals surface area (Å²) in [6.07, 6.45) is 0.409. The Morgan fingerprint density at radius 1 is 0.543 bits per heavy atom. The largest absolute Gasteiger partial charge is 0.335 e. The zero-order chi connectivity index (χ0) is 23.9. The van der Waals surface area contributed by atoms with Crippen molar-refractivity contribution in [2.24, 2.45) is 5.41 Å². The van der Waals surface area contributed by atoms with Gasteiger partial charge in [-0.05, 0) is 32.7 Å². The molecule has 0 unspecified atom stereocenters. The van der Waals surface area contributed by atoms with Crippen LogP contribution in [0.4, 0.5) is 0 Å². The molecule has 35 heavy (non-hydrogen) atoms. The minimum absolute atomic E-state index is 0.174. The zero-order valence-corrected chi connectivity index (χ0v) is 21.0. The van der Waals surface area contributed by atoms with E-state index < -0.39 is 20.6 Å². The molecule has 6 rings (SSSR count). The van der Waals surface area contributed by atoms with Crippen LogP contribution >= 0.6 is 15.2 Å². The fourth-order valence-corrected chi connectivity index (χ4v) is 8.25. The molecule has 2 saturated heterocycles. The lowest BCUT2D eigenvalue weighted by atomic mass is 9.93. The van der Waals surface area contributed by atoms with Crippen molar-refractivity contribution in [2.75, 3.05) is 26.4 Å². The van der Waals surface area contributed by atoms with Crippen LogP contribution in [0.3, 0.4) is 0 Å². The number of benzene rings is 4. The standard InChI is InChI=1S/C27H26O6P2/c28-34(15-21-9-11-23-5-1-3-7-25(23)13-21)30-17-27(18-31-34)19-32-35(29,33-20-27)16-22-10-12-24-6-2-4-8-26(24)14-22/h1-14H,15-20H2. The molecule has 8 heteroatoms. The first kappa shape index (κ1) is 23.1. The normalized spacial score (nSPS) is 29.0. The third kappa shape index (κ3) is 4.88. The van der Waals surface area contributed by atoms with E-state index in [9.17, 15) is 9.13 Å². The molecule has 0 aliphatic carbocycles. The van der Waals surface area contributed by atoms with Crippen LogP contribution in [0.5, 0.6) is 0 Å². The van der Waals surface area contributed by atoms with Gasteiger partial charge < -0.3 is 18.1 Å². The predicted octanol–water partition coefficient (Wildman–Crippen LogP) is 7.16. The van der Waals surface area contributed by atoms with E-state index in [2.05, 4.69) is 0 Å². The van der Waals surface area contributed by atoms with Gasteiger partial charge in [0, 0.05) is 0 Å². The van der Waals surface area contributed by atoms with Gasteiger partial charge in [0.25, 0.3) is 0 Å².